The largest absolute Gasteiger partial charge is 0.478 e. The van der Waals surface area contributed by atoms with Gasteiger partial charge in [-0.15, -0.1) is 0 Å². The van der Waals surface area contributed by atoms with Gasteiger partial charge < -0.3 is 21.3 Å². The number of hydrogen-bond donors (Lipinski definition) is 4. The smallest absolute Gasteiger partial charge is 0.335 e. The van der Waals surface area contributed by atoms with Crippen molar-refractivity contribution in [3.63, 3.8) is 0 Å². The van der Waals surface area contributed by atoms with Crippen LogP contribution in [0.4, 0.5) is 11.4 Å². The molecule has 0 unspecified atom stereocenters. The summed E-state index contributed by atoms with van der Waals surface area (Å²) in [5.41, 5.74) is 7.56. The second-order valence-electron chi connectivity index (χ2n) is 5.93. The normalized spacial score (nSPS) is 16.8. The van der Waals surface area contributed by atoms with Gasteiger partial charge in [0.05, 0.1) is 21.7 Å². The van der Waals surface area contributed by atoms with Crippen LogP contribution in [0.2, 0.25) is 0 Å². The summed E-state index contributed by atoms with van der Waals surface area (Å²) in [5.74, 6) is -2.90. The summed E-state index contributed by atoms with van der Waals surface area (Å²) in [7, 11) is 0. The van der Waals surface area contributed by atoms with Crippen LogP contribution in [0.5, 0.6) is 0 Å². The Labute approximate surface area is 163 Å². The van der Waals surface area contributed by atoms with E-state index in [1.165, 1.54) is 12.1 Å². The Hall–Kier alpha value is -3.59. The van der Waals surface area contributed by atoms with Gasteiger partial charge in [0.1, 0.15) is 0 Å². The van der Waals surface area contributed by atoms with Gasteiger partial charge in [-0.05, 0) is 60.2 Å². The monoisotopic (exact) mass is 397 g/mol. The van der Waals surface area contributed by atoms with Crippen molar-refractivity contribution in [3.8, 4) is 0 Å². The highest BCUT2D eigenvalue weighted by Gasteiger charge is 2.26. The SMILES string of the molecule is C/C(=C1/SC(=Nc2cc(C(=O)O)cc(C(=O)O)c2)NC1=O)c1cccc(N)c1. The molecule has 1 fully saturated rings. The number of nitrogens with zero attached hydrogens (tertiary/aromatic N) is 1. The molecule has 1 amide bonds. The van der Waals surface area contributed by atoms with Gasteiger partial charge in [-0.2, -0.15) is 0 Å². The predicted molar refractivity (Wildman–Crippen MR) is 107 cm³/mol. The van der Waals surface area contributed by atoms with E-state index in [1.807, 2.05) is 6.07 Å². The molecular weight excluding hydrogens is 382 g/mol. The molecule has 1 aliphatic heterocycles. The first-order chi connectivity index (χ1) is 13.2. The van der Waals surface area contributed by atoms with E-state index >= 15 is 0 Å². The van der Waals surface area contributed by atoms with Crippen molar-refractivity contribution < 1.29 is 24.6 Å². The van der Waals surface area contributed by atoms with Crippen LogP contribution in [0.3, 0.4) is 0 Å². The lowest BCUT2D eigenvalue weighted by Gasteiger charge is -2.04. The minimum atomic E-state index is -1.27. The second kappa shape index (κ2) is 7.57. The summed E-state index contributed by atoms with van der Waals surface area (Å²) < 4.78 is 0. The minimum Gasteiger partial charge on any atom is -0.478 e. The quantitative estimate of drug-likeness (QED) is 0.459. The summed E-state index contributed by atoms with van der Waals surface area (Å²) in [6, 6.07) is 10.6. The van der Waals surface area contributed by atoms with Gasteiger partial charge in [0.15, 0.2) is 5.17 Å². The predicted octanol–water partition coefficient (Wildman–Crippen LogP) is 2.95. The zero-order valence-corrected chi connectivity index (χ0v) is 15.4. The number of benzene rings is 2. The van der Waals surface area contributed by atoms with Crippen LogP contribution in [0.1, 0.15) is 33.2 Å². The topological polar surface area (TPSA) is 142 Å². The lowest BCUT2D eigenvalue weighted by Crippen LogP contribution is -2.19. The second-order valence-corrected chi connectivity index (χ2v) is 6.93. The number of nitrogens with one attached hydrogen (secondary N) is 1. The molecule has 0 radical (unpaired) electrons. The molecule has 9 heteroatoms. The zero-order chi connectivity index (χ0) is 20.4. The van der Waals surface area contributed by atoms with E-state index in [0.29, 0.717) is 16.2 Å². The first-order valence-corrected chi connectivity index (χ1v) is 8.82. The van der Waals surface area contributed by atoms with Crippen molar-refractivity contribution in [2.45, 2.75) is 6.92 Å². The third kappa shape index (κ3) is 4.04. The first-order valence-electron chi connectivity index (χ1n) is 8.01. The van der Waals surface area contributed by atoms with E-state index in [0.717, 1.165) is 23.4 Å². The molecule has 1 aliphatic rings. The van der Waals surface area contributed by atoms with Crippen molar-refractivity contribution in [2.24, 2.45) is 4.99 Å². The Bertz CT molecular complexity index is 1040. The number of carboxylic acid groups (broad SMARTS) is 2. The number of thioether (sulfide) groups is 1. The number of hydrogen-bond acceptors (Lipinski definition) is 6. The maximum Gasteiger partial charge on any atom is 0.335 e. The fourth-order valence-corrected chi connectivity index (χ4v) is 3.47. The highest BCUT2D eigenvalue weighted by atomic mass is 32.2. The van der Waals surface area contributed by atoms with Gasteiger partial charge in [0.25, 0.3) is 5.91 Å². The van der Waals surface area contributed by atoms with Gasteiger partial charge >= 0.3 is 11.9 Å². The fourth-order valence-electron chi connectivity index (χ4n) is 2.56. The number of allylic oxidation sites excluding steroid dienone is 1. The lowest BCUT2D eigenvalue weighted by molar-refractivity contribution is -0.115. The molecule has 5 N–H and O–H groups in total. The highest BCUT2D eigenvalue weighted by molar-refractivity contribution is 8.18. The van der Waals surface area contributed by atoms with Gasteiger partial charge in [0, 0.05) is 5.69 Å². The van der Waals surface area contributed by atoms with Gasteiger partial charge in [-0.25, -0.2) is 14.6 Å². The van der Waals surface area contributed by atoms with Gasteiger partial charge in [-0.1, -0.05) is 12.1 Å². The third-order valence-electron chi connectivity index (χ3n) is 3.93. The van der Waals surface area contributed by atoms with Crippen molar-refractivity contribution in [1.29, 1.82) is 0 Å². The van der Waals surface area contributed by atoms with Crippen LogP contribution < -0.4 is 11.1 Å². The van der Waals surface area contributed by atoms with Crippen LogP contribution >= 0.6 is 11.8 Å². The lowest BCUT2D eigenvalue weighted by atomic mass is 10.1. The molecule has 142 valence electrons. The van der Waals surface area contributed by atoms with Gasteiger partial charge in [0.2, 0.25) is 0 Å². The molecular formula is C19H15N3O5S. The number of carbonyl (C=O) groups is 3. The molecule has 2 aromatic rings. The number of nitrogens with two attached hydrogens (primary N) is 1. The van der Waals surface area contributed by atoms with Crippen LogP contribution in [0.15, 0.2) is 52.4 Å². The van der Waals surface area contributed by atoms with Crippen molar-refractivity contribution >= 4 is 51.7 Å². The number of nitrogen functional groups attached to an aromatic ring is 1. The number of aliphatic imine (C=N–C) groups is 1. The van der Waals surface area contributed by atoms with E-state index in [1.54, 1.807) is 25.1 Å². The van der Waals surface area contributed by atoms with Crippen LogP contribution in [-0.2, 0) is 4.79 Å². The summed E-state index contributed by atoms with van der Waals surface area (Å²) in [4.78, 5) is 39.4. The number of amides is 1. The molecule has 0 bridgehead atoms. The van der Waals surface area contributed by atoms with E-state index in [9.17, 15) is 14.4 Å². The standard InChI is InChI=1S/C19H15N3O5S/c1-9(10-3-2-4-13(20)6-10)15-16(23)22-19(28-15)21-14-7-11(17(24)25)5-12(8-14)18(26)27/h2-8H,20H2,1H3,(H,24,25)(H,26,27)(H,21,22,23)/b15-9-. The average Bonchev–Trinajstić information content (AvgIpc) is 3.00. The number of amidine groups is 1. The minimum absolute atomic E-state index is 0.114. The molecule has 2 aromatic carbocycles. The Morgan fingerprint density at radius 3 is 2.25 bits per heavy atom. The van der Waals surface area contributed by atoms with E-state index in [-0.39, 0.29) is 27.9 Å². The number of carboxylic acids is 2. The van der Waals surface area contributed by atoms with Crippen LogP contribution in [0, 0.1) is 0 Å². The fraction of sp³-hybridized carbons (Fsp3) is 0.0526. The highest BCUT2D eigenvalue weighted by Crippen LogP contribution is 2.33. The average molecular weight is 397 g/mol. The van der Waals surface area contributed by atoms with Crippen molar-refractivity contribution in [1.82, 2.24) is 5.32 Å². The Morgan fingerprint density at radius 2 is 1.68 bits per heavy atom. The van der Waals surface area contributed by atoms with Gasteiger partial charge in [-0.3, -0.25) is 4.79 Å². The summed E-state index contributed by atoms with van der Waals surface area (Å²) in [5, 5.41) is 21.1. The zero-order valence-electron chi connectivity index (χ0n) is 14.6. The van der Waals surface area contributed by atoms with Crippen LogP contribution in [0.25, 0.3) is 5.57 Å². The molecule has 3 rings (SSSR count). The number of anilines is 1. The Morgan fingerprint density at radius 1 is 1.04 bits per heavy atom. The number of rotatable bonds is 4. The molecule has 0 spiro atoms. The van der Waals surface area contributed by atoms with E-state index in [4.69, 9.17) is 15.9 Å². The maximum absolute atomic E-state index is 12.3. The summed E-state index contributed by atoms with van der Waals surface area (Å²) in [6.45, 7) is 1.78. The molecule has 28 heavy (non-hydrogen) atoms. The van der Waals surface area contributed by atoms with Crippen molar-refractivity contribution in [3.05, 3.63) is 64.1 Å². The summed E-state index contributed by atoms with van der Waals surface area (Å²) in [6.07, 6.45) is 0. The third-order valence-corrected chi connectivity index (χ3v) is 5.01. The molecule has 8 nitrogen and oxygen atoms in total. The number of carbonyl (C=O) groups excluding carboxylic acids is 1. The molecule has 0 aliphatic carbocycles. The van der Waals surface area contributed by atoms with E-state index < -0.39 is 11.9 Å². The Kier molecular flexibility index (Phi) is 5.18. The van der Waals surface area contributed by atoms with Crippen LogP contribution in [-0.4, -0.2) is 33.2 Å². The Balaban J connectivity index is 1.97. The maximum atomic E-state index is 12.3. The molecule has 0 aromatic heterocycles. The number of aromatic carboxylic acids is 2. The summed E-state index contributed by atoms with van der Waals surface area (Å²) >= 11 is 1.08. The first kappa shape index (κ1) is 19.2. The molecule has 1 saturated heterocycles. The molecule has 0 atom stereocenters. The molecule has 0 saturated carbocycles. The van der Waals surface area contributed by atoms with Crippen molar-refractivity contribution in [2.75, 3.05) is 5.73 Å². The molecule has 1 heterocycles. The van der Waals surface area contributed by atoms with E-state index in [2.05, 4.69) is 10.3 Å².